The van der Waals surface area contributed by atoms with E-state index in [1.807, 2.05) is 26.0 Å². The van der Waals surface area contributed by atoms with Crippen LogP contribution in [0.25, 0.3) is 0 Å². The molecular formula is C28H41N3O2. The zero-order valence-corrected chi connectivity index (χ0v) is 21.2. The van der Waals surface area contributed by atoms with E-state index in [-0.39, 0.29) is 28.6 Å². The lowest BCUT2D eigenvalue weighted by molar-refractivity contribution is -0.126. The number of aryl methyl sites for hydroxylation is 2. The highest BCUT2D eigenvalue weighted by molar-refractivity contribution is 5.92. The van der Waals surface area contributed by atoms with Gasteiger partial charge < -0.3 is 10.4 Å². The predicted molar refractivity (Wildman–Crippen MR) is 131 cm³/mol. The number of nitrogens with zero attached hydrogens (tertiary/aromatic N) is 1. The van der Waals surface area contributed by atoms with Crippen LogP contribution in [-0.4, -0.2) is 28.8 Å². The van der Waals surface area contributed by atoms with Gasteiger partial charge in [-0.25, -0.2) is 4.98 Å². The second-order valence-corrected chi connectivity index (χ2v) is 12.1. The Kier molecular flexibility index (Phi) is 5.52. The van der Waals surface area contributed by atoms with E-state index < -0.39 is 6.23 Å². The van der Waals surface area contributed by atoms with E-state index in [1.165, 1.54) is 17.6 Å². The molecule has 4 aliphatic rings. The highest BCUT2D eigenvalue weighted by atomic mass is 16.3. The normalized spacial score (nSPS) is 42.4. The van der Waals surface area contributed by atoms with Crippen LogP contribution < -0.4 is 10.6 Å². The summed E-state index contributed by atoms with van der Waals surface area (Å²) in [6, 6.07) is 4.01. The van der Waals surface area contributed by atoms with Gasteiger partial charge in [-0.15, -0.1) is 0 Å². The Morgan fingerprint density at radius 1 is 1.15 bits per heavy atom. The number of amides is 1. The quantitative estimate of drug-likeness (QED) is 0.555. The predicted octanol–water partition coefficient (Wildman–Crippen LogP) is 4.98. The topological polar surface area (TPSA) is 74.2 Å². The van der Waals surface area contributed by atoms with Gasteiger partial charge in [-0.2, -0.15) is 0 Å². The van der Waals surface area contributed by atoms with Crippen molar-refractivity contribution in [1.82, 2.24) is 10.3 Å². The van der Waals surface area contributed by atoms with Crippen molar-refractivity contribution in [3.63, 3.8) is 0 Å². The van der Waals surface area contributed by atoms with Crippen LogP contribution in [0.3, 0.4) is 0 Å². The number of hydrogen-bond acceptors (Lipinski definition) is 4. The lowest BCUT2D eigenvalue weighted by atomic mass is 9.47. The summed E-state index contributed by atoms with van der Waals surface area (Å²) >= 11 is 0. The van der Waals surface area contributed by atoms with E-state index in [4.69, 9.17) is 0 Å². The van der Waals surface area contributed by atoms with Crippen LogP contribution in [0.15, 0.2) is 23.3 Å². The van der Waals surface area contributed by atoms with Crippen molar-refractivity contribution in [1.29, 1.82) is 0 Å². The van der Waals surface area contributed by atoms with E-state index >= 15 is 0 Å². The van der Waals surface area contributed by atoms with Gasteiger partial charge in [0.1, 0.15) is 12.0 Å². The van der Waals surface area contributed by atoms with Gasteiger partial charge in [0.05, 0.1) is 0 Å². The van der Waals surface area contributed by atoms with E-state index in [0.29, 0.717) is 23.6 Å². The van der Waals surface area contributed by atoms with Crippen molar-refractivity contribution in [3.8, 4) is 0 Å². The van der Waals surface area contributed by atoms with Gasteiger partial charge >= 0.3 is 0 Å². The van der Waals surface area contributed by atoms with E-state index in [0.717, 1.165) is 43.5 Å². The molecule has 1 amide bonds. The van der Waals surface area contributed by atoms with Crippen LogP contribution in [0.5, 0.6) is 0 Å². The minimum Gasteiger partial charge on any atom is -0.378 e. The molecule has 1 saturated heterocycles. The van der Waals surface area contributed by atoms with Crippen molar-refractivity contribution in [2.24, 2.45) is 40.4 Å². The molecule has 1 aliphatic heterocycles. The minimum atomic E-state index is -0.438. The Balaban J connectivity index is 1.41. The van der Waals surface area contributed by atoms with Crippen molar-refractivity contribution in [3.05, 3.63) is 34.5 Å². The summed E-state index contributed by atoms with van der Waals surface area (Å²) in [6.07, 6.45) is 5.07. The number of carbonyl (C=O) groups is 1. The Bertz CT molecular complexity index is 983. The number of carbonyl (C=O) groups excluding carboxylic acids is 1. The molecule has 8 atom stereocenters. The van der Waals surface area contributed by atoms with Crippen molar-refractivity contribution < 1.29 is 9.90 Å². The van der Waals surface area contributed by atoms with Gasteiger partial charge in [-0.05, 0) is 93.7 Å². The number of anilines is 1. The highest BCUT2D eigenvalue weighted by Gasteiger charge is 2.61. The van der Waals surface area contributed by atoms with Crippen LogP contribution >= 0.6 is 0 Å². The van der Waals surface area contributed by atoms with Gasteiger partial charge in [0, 0.05) is 29.5 Å². The molecule has 33 heavy (non-hydrogen) atoms. The average molecular weight is 452 g/mol. The Labute approximate surface area is 198 Å². The number of fused-ring (bicyclic) bond motifs is 5. The summed E-state index contributed by atoms with van der Waals surface area (Å²) in [5, 5.41) is 17.1. The number of aromatic nitrogens is 1. The van der Waals surface area contributed by atoms with Gasteiger partial charge in [0.25, 0.3) is 0 Å². The number of rotatable bonds is 2. The van der Waals surface area contributed by atoms with Crippen molar-refractivity contribution >= 4 is 11.7 Å². The van der Waals surface area contributed by atoms with Crippen molar-refractivity contribution in [2.75, 3.05) is 11.9 Å². The summed E-state index contributed by atoms with van der Waals surface area (Å²) in [5.41, 5.74) is 5.22. The molecule has 5 heteroatoms. The largest absolute Gasteiger partial charge is 0.378 e. The first kappa shape index (κ1) is 23.0. The number of hydrogen-bond donors (Lipinski definition) is 3. The summed E-state index contributed by atoms with van der Waals surface area (Å²) in [7, 11) is 0. The Morgan fingerprint density at radius 3 is 2.64 bits per heavy atom. The third-order valence-corrected chi connectivity index (χ3v) is 10.1. The fourth-order valence-electron chi connectivity index (χ4n) is 8.85. The first-order valence-electron chi connectivity index (χ1n) is 12.9. The third kappa shape index (κ3) is 3.49. The monoisotopic (exact) mass is 451 g/mol. The molecule has 180 valence electrons. The number of piperidine rings is 1. The maximum Gasteiger partial charge on any atom is 0.229 e. The molecule has 1 aromatic rings. The first-order chi connectivity index (χ1) is 15.5. The first-order valence-corrected chi connectivity index (χ1v) is 12.9. The number of nitrogens with one attached hydrogen (secondary N) is 2. The van der Waals surface area contributed by atoms with E-state index in [2.05, 4.69) is 43.3 Å². The second-order valence-electron chi connectivity index (χ2n) is 12.1. The third-order valence-electron chi connectivity index (χ3n) is 10.1. The number of aliphatic hydroxyl groups is 1. The van der Waals surface area contributed by atoms with Crippen LogP contribution in [0.2, 0.25) is 0 Å². The molecule has 0 bridgehead atoms. The van der Waals surface area contributed by atoms with Crippen molar-refractivity contribution in [2.45, 2.75) is 79.9 Å². The number of aliphatic hydroxyl groups excluding tert-OH is 1. The maximum absolute atomic E-state index is 13.5. The molecule has 3 fully saturated rings. The van der Waals surface area contributed by atoms with Gasteiger partial charge in [-0.3, -0.25) is 10.1 Å². The summed E-state index contributed by atoms with van der Waals surface area (Å²) < 4.78 is 0. The molecule has 2 heterocycles. The number of allylic oxidation sites excluding steroid dienone is 1. The maximum atomic E-state index is 13.5. The molecule has 0 aromatic carbocycles. The molecule has 0 spiro atoms. The summed E-state index contributed by atoms with van der Waals surface area (Å²) in [6.45, 7) is 14.2. The van der Waals surface area contributed by atoms with Crippen LogP contribution in [-0.2, 0) is 4.79 Å². The molecule has 1 aromatic heterocycles. The fourth-order valence-corrected chi connectivity index (χ4v) is 8.85. The fraction of sp³-hybridized carbons (Fsp3) is 0.714. The summed E-state index contributed by atoms with van der Waals surface area (Å²) in [5.74, 6) is 2.89. The molecule has 0 radical (unpaired) electrons. The van der Waals surface area contributed by atoms with Crippen LogP contribution in [0, 0.1) is 54.3 Å². The van der Waals surface area contributed by atoms with Gasteiger partial charge in [0.15, 0.2) is 0 Å². The highest BCUT2D eigenvalue weighted by Crippen LogP contribution is 2.66. The number of pyridine rings is 1. The Hall–Kier alpha value is -1.72. The molecule has 3 aliphatic carbocycles. The molecule has 3 unspecified atom stereocenters. The lowest BCUT2D eigenvalue weighted by Crippen LogP contribution is -2.59. The lowest BCUT2D eigenvalue weighted by Gasteiger charge is -2.60. The molecule has 5 nitrogen and oxygen atoms in total. The average Bonchev–Trinajstić information content (AvgIpc) is 3.08. The second kappa shape index (κ2) is 7.91. The molecule has 2 saturated carbocycles. The van der Waals surface area contributed by atoms with E-state index in [1.54, 1.807) is 0 Å². The summed E-state index contributed by atoms with van der Waals surface area (Å²) in [4.78, 5) is 18.0. The SMILES string of the molecule is CC1=C2C(C)C(O)NC[C@]2(C)[C@@H]2CC[C@]3(C)C(C(=O)Nc4cc(C)cc(C)n4)CC[C@H]3[C@@H]2C1. The minimum absolute atomic E-state index is 0.0471. The van der Waals surface area contributed by atoms with Crippen LogP contribution in [0.4, 0.5) is 5.82 Å². The zero-order valence-electron chi connectivity index (χ0n) is 21.2. The van der Waals surface area contributed by atoms with Crippen LogP contribution in [0.1, 0.15) is 71.1 Å². The standard InChI is InChI=1S/C28H41N3O2/c1-15-11-17(3)30-23(12-15)31-26(33)22-8-7-20-19-13-16(2)24-18(4)25(32)29-14-28(24,6)21(19)9-10-27(20,22)5/h11-12,18-22,25,29,32H,7-10,13-14H2,1-6H3,(H,30,31,33)/t18?,19-,20-,21+,22?,25?,27-,28+/m0/s1. The van der Waals surface area contributed by atoms with Gasteiger partial charge in [-0.1, -0.05) is 31.9 Å². The van der Waals surface area contributed by atoms with Gasteiger partial charge in [0.2, 0.25) is 5.91 Å². The molecule has 5 rings (SSSR count). The van der Waals surface area contributed by atoms with E-state index in [9.17, 15) is 9.90 Å². The Morgan fingerprint density at radius 2 is 1.91 bits per heavy atom. The zero-order chi connectivity index (χ0) is 23.7. The molecular weight excluding hydrogens is 410 g/mol. The molecule has 3 N–H and O–H groups in total. The smallest absolute Gasteiger partial charge is 0.229 e.